The zero-order valence-electron chi connectivity index (χ0n) is 9.39. The molecule has 0 aliphatic carbocycles. The number of carbonyl (C=O) groups is 1. The van der Waals surface area contributed by atoms with Crippen molar-refractivity contribution in [3.63, 3.8) is 0 Å². The third-order valence-corrected chi connectivity index (χ3v) is 2.86. The van der Waals surface area contributed by atoms with E-state index in [1.165, 1.54) is 25.2 Å². The summed E-state index contributed by atoms with van der Waals surface area (Å²) in [5.74, 6) is 0.878. The van der Waals surface area contributed by atoms with Gasteiger partial charge in [-0.25, -0.2) is 9.97 Å². The zero-order valence-corrected chi connectivity index (χ0v) is 9.39. The fourth-order valence-corrected chi connectivity index (χ4v) is 1.98. The molecule has 1 amide bonds. The van der Waals surface area contributed by atoms with Gasteiger partial charge in [-0.05, 0) is 18.8 Å². The number of hydrogen-bond donors (Lipinski definition) is 1. The van der Waals surface area contributed by atoms with Crippen molar-refractivity contribution in [3.8, 4) is 0 Å². The Morgan fingerprint density at radius 3 is 2.75 bits per heavy atom. The van der Waals surface area contributed by atoms with Crippen molar-refractivity contribution >= 4 is 11.9 Å². The zero-order chi connectivity index (χ0) is 11.5. The number of amides is 1. The summed E-state index contributed by atoms with van der Waals surface area (Å²) in [4.78, 5) is 21.4. The van der Waals surface area contributed by atoms with Crippen LogP contribution in [0, 0.1) is 5.92 Å². The molecular weight excluding hydrogens is 204 g/mol. The third-order valence-electron chi connectivity index (χ3n) is 2.86. The number of rotatable bonds is 2. The maximum absolute atomic E-state index is 10.9. The summed E-state index contributed by atoms with van der Waals surface area (Å²) < 4.78 is 0. The summed E-state index contributed by atoms with van der Waals surface area (Å²) in [5, 5.41) is 0. The minimum absolute atomic E-state index is 0.355. The highest BCUT2D eigenvalue weighted by atomic mass is 16.1. The molecule has 1 unspecified atom stereocenters. The number of nitrogens with two attached hydrogens (primary N) is 1. The Morgan fingerprint density at radius 1 is 1.50 bits per heavy atom. The van der Waals surface area contributed by atoms with Gasteiger partial charge in [0.25, 0.3) is 5.91 Å². The maximum atomic E-state index is 10.9. The van der Waals surface area contributed by atoms with Gasteiger partial charge in [-0.2, -0.15) is 0 Å². The van der Waals surface area contributed by atoms with E-state index in [-0.39, 0.29) is 0 Å². The SMILES string of the molecule is CC1CCCN(c2ncc(C(N)=O)cn2)C1. The van der Waals surface area contributed by atoms with E-state index in [2.05, 4.69) is 21.8 Å². The molecule has 0 bridgehead atoms. The minimum Gasteiger partial charge on any atom is -0.366 e. The average molecular weight is 220 g/mol. The Morgan fingerprint density at radius 2 is 2.19 bits per heavy atom. The number of primary amides is 1. The molecule has 1 aliphatic heterocycles. The molecule has 5 nitrogen and oxygen atoms in total. The highest BCUT2D eigenvalue weighted by Crippen LogP contribution is 2.19. The van der Waals surface area contributed by atoms with Crippen molar-refractivity contribution < 1.29 is 4.79 Å². The average Bonchev–Trinajstić information content (AvgIpc) is 2.29. The molecule has 2 rings (SSSR count). The largest absolute Gasteiger partial charge is 0.366 e. The van der Waals surface area contributed by atoms with E-state index < -0.39 is 5.91 Å². The number of aromatic nitrogens is 2. The number of hydrogen-bond acceptors (Lipinski definition) is 4. The molecule has 0 spiro atoms. The van der Waals surface area contributed by atoms with Gasteiger partial charge in [0.05, 0.1) is 5.56 Å². The molecule has 1 saturated heterocycles. The van der Waals surface area contributed by atoms with Crippen LogP contribution in [0.2, 0.25) is 0 Å². The quantitative estimate of drug-likeness (QED) is 0.800. The molecule has 0 saturated carbocycles. The maximum Gasteiger partial charge on any atom is 0.251 e. The highest BCUT2D eigenvalue weighted by Gasteiger charge is 2.18. The number of nitrogens with zero attached hydrogens (tertiary/aromatic N) is 3. The summed E-state index contributed by atoms with van der Waals surface area (Å²) in [7, 11) is 0. The van der Waals surface area contributed by atoms with Crippen LogP contribution in [0.1, 0.15) is 30.1 Å². The molecule has 2 N–H and O–H groups in total. The van der Waals surface area contributed by atoms with Crippen molar-refractivity contribution in [1.82, 2.24) is 9.97 Å². The van der Waals surface area contributed by atoms with E-state index in [4.69, 9.17) is 5.73 Å². The van der Waals surface area contributed by atoms with Crippen molar-refractivity contribution in [1.29, 1.82) is 0 Å². The first-order valence-electron chi connectivity index (χ1n) is 5.53. The van der Waals surface area contributed by atoms with Crippen LogP contribution in [0.15, 0.2) is 12.4 Å². The molecule has 16 heavy (non-hydrogen) atoms. The van der Waals surface area contributed by atoms with Crippen LogP contribution < -0.4 is 10.6 Å². The van der Waals surface area contributed by atoms with Gasteiger partial charge in [-0.1, -0.05) is 6.92 Å². The van der Waals surface area contributed by atoms with E-state index in [0.29, 0.717) is 17.4 Å². The van der Waals surface area contributed by atoms with E-state index in [0.717, 1.165) is 13.1 Å². The molecule has 0 radical (unpaired) electrons. The molecule has 86 valence electrons. The predicted molar refractivity (Wildman–Crippen MR) is 61.2 cm³/mol. The normalized spacial score (nSPS) is 20.8. The van der Waals surface area contributed by atoms with E-state index in [9.17, 15) is 4.79 Å². The molecule has 1 atom stereocenters. The van der Waals surface area contributed by atoms with E-state index in [1.54, 1.807) is 0 Å². The summed E-state index contributed by atoms with van der Waals surface area (Å²) in [6.07, 6.45) is 5.41. The summed E-state index contributed by atoms with van der Waals surface area (Å²) in [6, 6.07) is 0. The number of carbonyl (C=O) groups excluding carboxylic acids is 1. The predicted octanol–water partition coefficient (Wildman–Crippen LogP) is 0.812. The van der Waals surface area contributed by atoms with Gasteiger partial charge >= 0.3 is 0 Å². The highest BCUT2D eigenvalue weighted by molar-refractivity contribution is 5.92. The first kappa shape index (κ1) is 10.9. The van der Waals surface area contributed by atoms with E-state index in [1.807, 2.05) is 0 Å². The second kappa shape index (κ2) is 4.47. The van der Waals surface area contributed by atoms with Gasteiger partial charge in [-0.15, -0.1) is 0 Å². The Bertz CT molecular complexity index is 376. The second-order valence-electron chi connectivity index (χ2n) is 4.33. The molecule has 1 fully saturated rings. The topological polar surface area (TPSA) is 72.1 Å². The van der Waals surface area contributed by atoms with Gasteiger partial charge in [0.2, 0.25) is 5.95 Å². The molecule has 0 aromatic carbocycles. The van der Waals surface area contributed by atoms with Crippen LogP contribution >= 0.6 is 0 Å². The molecular formula is C11H16N4O. The van der Waals surface area contributed by atoms with Gasteiger partial charge in [0.1, 0.15) is 0 Å². The Labute approximate surface area is 94.7 Å². The second-order valence-corrected chi connectivity index (χ2v) is 4.33. The lowest BCUT2D eigenvalue weighted by molar-refractivity contribution is 0.0999. The van der Waals surface area contributed by atoms with Crippen LogP contribution in [0.25, 0.3) is 0 Å². The van der Waals surface area contributed by atoms with Gasteiger partial charge in [0, 0.05) is 25.5 Å². The van der Waals surface area contributed by atoms with Crippen LogP contribution in [0.4, 0.5) is 5.95 Å². The first-order chi connectivity index (χ1) is 7.66. The monoisotopic (exact) mass is 220 g/mol. The molecule has 2 heterocycles. The Hall–Kier alpha value is -1.65. The van der Waals surface area contributed by atoms with Crippen LogP contribution in [-0.2, 0) is 0 Å². The minimum atomic E-state index is -0.487. The fourth-order valence-electron chi connectivity index (χ4n) is 1.98. The van der Waals surface area contributed by atoms with Crippen molar-refractivity contribution in [2.45, 2.75) is 19.8 Å². The van der Waals surface area contributed by atoms with E-state index >= 15 is 0 Å². The van der Waals surface area contributed by atoms with Crippen molar-refractivity contribution in [2.24, 2.45) is 11.7 Å². The van der Waals surface area contributed by atoms with Crippen LogP contribution in [0.5, 0.6) is 0 Å². The Kier molecular flexibility index (Phi) is 3.03. The lowest BCUT2D eigenvalue weighted by atomic mass is 10.0. The van der Waals surface area contributed by atoms with Crippen LogP contribution in [0.3, 0.4) is 0 Å². The van der Waals surface area contributed by atoms with Crippen molar-refractivity contribution in [3.05, 3.63) is 18.0 Å². The molecule has 5 heteroatoms. The number of anilines is 1. The fraction of sp³-hybridized carbons (Fsp3) is 0.545. The van der Waals surface area contributed by atoms with Gasteiger partial charge < -0.3 is 10.6 Å². The summed E-state index contributed by atoms with van der Waals surface area (Å²) >= 11 is 0. The van der Waals surface area contributed by atoms with Crippen molar-refractivity contribution in [2.75, 3.05) is 18.0 Å². The molecule has 1 aromatic rings. The summed E-state index contributed by atoms with van der Waals surface area (Å²) in [5.41, 5.74) is 5.49. The standard InChI is InChI=1S/C11H16N4O/c1-8-3-2-4-15(7-8)11-13-5-9(6-14-11)10(12)16/h5-6,8H,2-4,7H2,1H3,(H2,12,16). The first-order valence-corrected chi connectivity index (χ1v) is 5.53. The van der Waals surface area contributed by atoms with Crippen LogP contribution in [-0.4, -0.2) is 29.0 Å². The van der Waals surface area contributed by atoms with Gasteiger partial charge in [-0.3, -0.25) is 4.79 Å². The molecule has 1 aromatic heterocycles. The molecule has 1 aliphatic rings. The lowest BCUT2D eigenvalue weighted by Gasteiger charge is -2.30. The summed E-state index contributed by atoms with van der Waals surface area (Å²) in [6.45, 7) is 4.19. The van der Waals surface area contributed by atoms with Gasteiger partial charge in [0.15, 0.2) is 0 Å². The third kappa shape index (κ3) is 2.29. The Balaban J connectivity index is 2.11. The lowest BCUT2D eigenvalue weighted by Crippen LogP contribution is -2.35. The smallest absolute Gasteiger partial charge is 0.251 e. The number of piperidine rings is 1.